The molecule has 0 aromatic carbocycles. The molecular formula is C24H30N4O3S. The Labute approximate surface area is 192 Å². The average Bonchev–Trinajstić information content (AvgIpc) is 3.58. The standard InChI is InChI=1S/C24H30N4O3S/c29-22(26-18-8-1-2-9-18)21(20-12-6-14-32-20)28(16-17-7-5-13-25-15-17)24(31)23(30)27-19-10-3-4-11-19/h5-7,12-15,18-19,21H,1-4,8-11,16H2,(H,26,29)(H,27,30). The molecule has 2 aliphatic carbocycles. The van der Waals surface area contributed by atoms with E-state index in [9.17, 15) is 14.4 Å². The summed E-state index contributed by atoms with van der Waals surface area (Å²) < 4.78 is 0. The molecule has 0 aliphatic heterocycles. The molecule has 2 saturated carbocycles. The average molecular weight is 455 g/mol. The maximum Gasteiger partial charge on any atom is 0.313 e. The molecule has 170 valence electrons. The lowest BCUT2D eigenvalue weighted by molar-refractivity contribution is -0.151. The molecule has 2 heterocycles. The Morgan fingerprint density at radius 1 is 1.00 bits per heavy atom. The van der Waals surface area contributed by atoms with Crippen LogP contribution < -0.4 is 10.6 Å². The van der Waals surface area contributed by atoms with Gasteiger partial charge in [-0.1, -0.05) is 37.8 Å². The largest absolute Gasteiger partial charge is 0.351 e. The van der Waals surface area contributed by atoms with Gasteiger partial charge in [0, 0.05) is 35.9 Å². The number of hydrogen-bond acceptors (Lipinski definition) is 5. The predicted molar refractivity (Wildman–Crippen MR) is 123 cm³/mol. The van der Waals surface area contributed by atoms with Crippen LogP contribution in [0.15, 0.2) is 42.0 Å². The van der Waals surface area contributed by atoms with Gasteiger partial charge in [0.05, 0.1) is 0 Å². The molecule has 4 rings (SSSR count). The maximum absolute atomic E-state index is 13.5. The zero-order valence-corrected chi connectivity index (χ0v) is 19.0. The van der Waals surface area contributed by atoms with Crippen molar-refractivity contribution in [2.75, 3.05) is 0 Å². The SMILES string of the molecule is O=C(NC1CCCC1)C(=O)N(Cc1cccnc1)C(C(=O)NC1CCCC1)c1cccs1. The van der Waals surface area contributed by atoms with Gasteiger partial charge < -0.3 is 15.5 Å². The van der Waals surface area contributed by atoms with E-state index in [0.29, 0.717) is 0 Å². The molecule has 1 atom stereocenters. The summed E-state index contributed by atoms with van der Waals surface area (Å²) in [6.45, 7) is 0.130. The van der Waals surface area contributed by atoms with E-state index in [1.807, 2.05) is 23.6 Å². The van der Waals surface area contributed by atoms with E-state index in [-0.39, 0.29) is 24.5 Å². The summed E-state index contributed by atoms with van der Waals surface area (Å²) in [6, 6.07) is 6.63. The van der Waals surface area contributed by atoms with Gasteiger partial charge in [-0.2, -0.15) is 0 Å². The summed E-state index contributed by atoms with van der Waals surface area (Å²) in [7, 11) is 0. The van der Waals surface area contributed by atoms with Crippen LogP contribution >= 0.6 is 11.3 Å². The second kappa shape index (κ2) is 10.7. The Balaban J connectivity index is 1.61. The summed E-state index contributed by atoms with van der Waals surface area (Å²) in [5.74, 6) is -1.55. The number of carbonyl (C=O) groups is 3. The highest BCUT2D eigenvalue weighted by molar-refractivity contribution is 7.10. The van der Waals surface area contributed by atoms with Gasteiger partial charge >= 0.3 is 11.8 Å². The molecule has 0 bridgehead atoms. The molecule has 0 radical (unpaired) electrons. The number of nitrogens with zero attached hydrogens (tertiary/aromatic N) is 2. The summed E-state index contributed by atoms with van der Waals surface area (Å²) in [5, 5.41) is 7.90. The first-order valence-electron chi connectivity index (χ1n) is 11.5. The Bertz CT molecular complexity index is 907. The van der Waals surface area contributed by atoms with E-state index in [4.69, 9.17) is 0 Å². The zero-order chi connectivity index (χ0) is 22.3. The van der Waals surface area contributed by atoms with E-state index in [0.717, 1.165) is 61.8 Å². The van der Waals surface area contributed by atoms with Crippen LogP contribution in [0.2, 0.25) is 0 Å². The molecule has 7 nitrogen and oxygen atoms in total. The van der Waals surface area contributed by atoms with Gasteiger partial charge in [0.1, 0.15) is 6.04 Å². The number of aromatic nitrogens is 1. The molecule has 2 fully saturated rings. The van der Waals surface area contributed by atoms with Crippen LogP contribution in [-0.4, -0.2) is 39.7 Å². The highest BCUT2D eigenvalue weighted by atomic mass is 32.1. The van der Waals surface area contributed by atoms with Gasteiger partial charge in [0.15, 0.2) is 0 Å². The number of rotatable bonds is 7. The molecule has 8 heteroatoms. The summed E-state index contributed by atoms with van der Waals surface area (Å²) >= 11 is 1.42. The molecular weight excluding hydrogens is 424 g/mol. The van der Waals surface area contributed by atoms with Crippen LogP contribution in [0.25, 0.3) is 0 Å². The van der Waals surface area contributed by atoms with Crippen molar-refractivity contribution in [1.29, 1.82) is 0 Å². The fourth-order valence-electron chi connectivity index (χ4n) is 4.64. The van der Waals surface area contributed by atoms with Crippen LogP contribution in [0.5, 0.6) is 0 Å². The smallest absolute Gasteiger partial charge is 0.313 e. The molecule has 2 aromatic heterocycles. The Morgan fingerprint density at radius 3 is 2.28 bits per heavy atom. The number of pyridine rings is 1. The lowest BCUT2D eigenvalue weighted by atomic mass is 10.1. The van der Waals surface area contributed by atoms with Crippen LogP contribution in [0.1, 0.15) is 67.8 Å². The van der Waals surface area contributed by atoms with Gasteiger partial charge in [0.25, 0.3) is 0 Å². The molecule has 32 heavy (non-hydrogen) atoms. The highest BCUT2D eigenvalue weighted by Gasteiger charge is 2.37. The third-order valence-corrected chi connectivity index (χ3v) is 7.22. The summed E-state index contributed by atoms with van der Waals surface area (Å²) in [5.41, 5.74) is 0.768. The van der Waals surface area contributed by atoms with Crippen LogP contribution in [0.4, 0.5) is 0 Å². The number of amides is 3. The minimum atomic E-state index is -0.863. The van der Waals surface area contributed by atoms with Crippen molar-refractivity contribution in [3.05, 3.63) is 52.5 Å². The highest BCUT2D eigenvalue weighted by Crippen LogP contribution is 2.29. The van der Waals surface area contributed by atoms with Crippen molar-refractivity contribution in [2.45, 2.75) is 76.0 Å². The Hall–Kier alpha value is -2.74. The quantitative estimate of drug-likeness (QED) is 0.628. The van der Waals surface area contributed by atoms with E-state index in [1.165, 1.54) is 16.2 Å². The predicted octanol–water partition coefficient (Wildman–Crippen LogP) is 3.33. The molecule has 3 amide bonds. The van der Waals surface area contributed by atoms with Crippen molar-refractivity contribution in [3.63, 3.8) is 0 Å². The van der Waals surface area contributed by atoms with E-state index < -0.39 is 17.9 Å². The third-order valence-electron chi connectivity index (χ3n) is 6.30. The molecule has 2 N–H and O–H groups in total. The number of carbonyl (C=O) groups excluding carboxylic acids is 3. The lowest BCUT2D eigenvalue weighted by Gasteiger charge is -2.31. The second-order valence-electron chi connectivity index (χ2n) is 8.66. The minimum Gasteiger partial charge on any atom is -0.351 e. The first-order valence-corrected chi connectivity index (χ1v) is 12.3. The van der Waals surface area contributed by atoms with Crippen molar-refractivity contribution in [1.82, 2.24) is 20.5 Å². The first-order chi connectivity index (χ1) is 15.6. The van der Waals surface area contributed by atoms with Gasteiger partial charge in [-0.15, -0.1) is 11.3 Å². The Kier molecular flexibility index (Phi) is 7.52. The van der Waals surface area contributed by atoms with Gasteiger partial charge in [0.2, 0.25) is 5.91 Å². The summed E-state index contributed by atoms with van der Waals surface area (Å²) in [4.78, 5) is 46.1. The van der Waals surface area contributed by atoms with Crippen LogP contribution in [-0.2, 0) is 20.9 Å². The molecule has 0 spiro atoms. The van der Waals surface area contributed by atoms with Gasteiger partial charge in [-0.05, 0) is 48.8 Å². The first kappa shape index (κ1) is 22.5. The molecule has 2 aliphatic rings. The van der Waals surface area contributed by atoms with E-state index >= 15 is 0 Å². The van der Waals surface area contributed by atoms with E-state index in [1.54, 1.807) is 18.5 Å². The fraction of sp³-hybridized carbons (Fsp3) is 0.500. The second-order valence-corrected chi connectivity index (χ2v) is 9.64. The van der Waals surface area contributed by atoms with Crippen molar-refractivity contribution in [3.8, 4) is 0 Å². The lowest BCUT2D eigenvalue weighted by Crippen LogP contribution is -2.51. The van der Waals surface area contributed by atoms with Gasteiger partial charge in [-0.3, -0.25) is 19.4 Å². The normalized spacial score (nSPS) is 17.8. The number of nitrogens with one attached hydrogen (secondary N) is 2. The van der Waals surface area contributed by atoms with Crippen LogP contribution in [0.3, 0.4) is 0 Å². The third kappa shape index (κ3) is 5.54. The monoisotopic (exact) mass is 454 g/mol. The number of thiophene rings is 1. The Morgan fingerprint density at radius 2 is 1.69 bits per heavy atom. The van der Waals surface area contributed by atoms with Crippen molar-refractivity contribution >= 4 is 29.1 Å². The van der Waals surface area contributed by atoms with Gasteiger partial charge in [-0.25, -0.2) is 0 Å². The van der Waals surface area contributed by atoms with E-state index in [2.05, 4.69) is 15.6 Å². The fourth-order valence-corrected chi connectivity index (χ4v) is 5.47. The summed E-state index contributed by atoms with van der Waals surface area (Å²) in [6.07, 6.45) is 11.3. The van der Waals surface area contributed by atoms with Crippen molar-refractivity contribution in [2.24, 2.45) is 0 Å². The number of hydrogen-bond donors (Lipinski definition) is 2. The zero-order valence-electron chi connectivity index (χ0n) is 18.2. The van der Waals surface area contributed by atoms with Crippen LogP contribution in [0, 0.1) is 0 Å². The van der Waals surface area contributed by atoms with Crippen molar-refractivity contribution < 1.29 is 14.4 Å². The molecule has 1 unspecified atom stereocenters. The molecule has 0 saturated heterocycles. The maximum atomic E-state index is 13.5. The molecule has 2 aromatic rings. The topological polar surface area (TPSA) is 91.4 Å². The minimum absolute atomic E-state index is 0.0270.